The van der Waals surface area contributed by atoms with E-state index in [9.17, 15) is 9.90 Å². The lowest BCUT2D eigenvalue weighted by Gasteiger charge is -2.34. The molecule has 1 heterocycles. The standard InChI is InChI=1S/C13H17IN2O2/c1-2-15-5-7-16(8-6-15)13(18)11-9-10(14)3-4-12(11)17/h3-4,9,17H,2,5-8H2,1H3. The van der Waals surface area contributed by atoms with Gasteiger partial charge in [-0.1, -0.05) is 6.92 Å². The van der Waals surface area contributed by atoms with Gasteiger partial charge in [-0.25, -0.2) is 0 Å². The van der Waals surface area contributed by atoms with Crippen LogP contribution in [-0.4, -0.2) is 53.5 Å². The van der Waals surface area contributed by atoms with Gasteiger partial charge >= 0.3 is 0 Å². The van der Waals surface area contributed by atoms with Crippen LogP contribution in [0, 0.1) is 3.57 Å². The van der Waals surface area contributed by atoms with Gasteiger partial charge in [-0.05, 0) is 47.3 Å². The number of amides is 1. The van der Waals surface area contributed by atoms with Gasteiger partial charge in [-0.3, -0.25) is 4.79 Å². The fraction of sp³-hybridized carbons (Fsp3) is 0.462. The Balaban J connectivity index is 2.10. The number of piperazine rings is 1. The van der Waals surface area contributed by atoms with Crippen LogP contribution in [0.15, 0.2) is 18.2 Å². The molecule has 1 aromatic carbocycles. The Hall–Kier alpha value is -0.820. The van der Waals surface area contributed by atoms with E-state index in [1.165, 1.54) is 0 Å². The Morgan fingerprint density at radius 3 is 2.61 bits per heavy atom. The van der Waals surface area contributed by atoms with Crippen molar-refractivity contribution in [2.45, 2.75) is 6.92 Å². The fourth-order valence-corrected chi connectivity index (χ4v) is 2.61. The predicted molar refractivity (Wildman–Crippen MR) is 78.8 cm³/mol. The van der Waals surface area contributed by atoms with E-state index < -0.39 is 0 Å². The first-order chi connectivity index (χ1) is 8.61. The molecule has 1 aromatic rings. The van der Waals surface area contributed by atoms with Gasteiger partial charge < -0.3 is 14.9 Å². The Morgan fingerprint density at radius 1 is 1.33 bits per heavy atom. The van der Waals surface area contributed by atoms with Crippen LogP contribution in [0.25, 0.3) is 0 Å². The van der Waals surface area contributed by atoms with Crippen LogP contribution in [0.2, 0.25) is 0 Å². The van der Waals surface area contributed by atoms with Crippen molar-refractivity contribution in [1.82, 2.24) is 9.80 Å². The molecule has 18 heavy (non-hydrogen) atoms. The van der Waals surface area contributed by atoms with Crippen LogP contribution in [0.3, 0.4) is 0 Å². The van der Waals surface area contributed by atoms with E-state index in [1.54, 1.807) is 18.2 Å². The number of rotatable bonds is 2. The number of aromatic hydroxyl groups is 1. The summed E-state index contributed by atoms with van der Waals surface area (Å²) in [6.45, 7) is 6.44. The molecule has 0 aromatic heterocycles. The third kappa shape index (κ3) is 2.95. The molecule has 1 amide bonds. The highest BCUT2D eigenvalue weighted by molar-refractivity contribution is 14.1. The normalized spacial score (nSPS) is 16.9. The van der Waals surface area contributed by atoms with Crippen molar-refractivity contribution in [3.63, 3.8) is 0 Å². The van der Waals surface area contributed by atoms with Crippen molar-refractivity contribution in [2.24, 2.45) is 0 Å². The SMILES string of the molecule is CCN1CCN(C(=O)c2cc(I)ccc2O)CC1. The zero-order valence-electron chi connectivity index (χ0n) is 10.4. The van der Waals surface area contributed by atoms with Gasteiger partial charge in [-0.15, -0.1) is 0 Å². The van der Waals surface area contributed by atoms with E-state index in [-0.39, 0.29) is 11.7 Å². The quantitative estimate of drug-likeness (QED) is 0.818. The third-order valence-corrected chi connectivity index (χ3v) is 3.97. The van der Waals surface area contributed by atoms with E-state index >= 15 is 0 Å². The number of hydrogen-bond acceptors (Lipinski definition) is 3. The van der Waals surface area contributed by atoms with Crippen LogP contribution >= 0.6 is 22.6 Å². The maximum atomic E-state index is 12.3. The van der Waals surface area contributed by atoms with Crippen molar-refractivity contribution >= 4 is 28.5 Å². The van der Waals surface area contributed by atoms with Gasteiger partial charge in [0, 0.05) is 29.7 Å². The van der Waals surface area contributed by atoms with Crippen molar-refractivity contribution in [2.75, 3.05) is 32.7 Å². The summed E-state index contributed by atoms with van der Waals surface area (Å²) in [6.07, 6.45) is 0. The predicted octanol–water partition coefficient (Wildman–Crippen LogP) is 1.77. The summed E-state index contributed by atoms with van der Waals surface area (Å²) in [5.74, 6) is 0.0000983. The molecule has 0 saturated carbocycles. The fourth-order valence-electron chi connectivity index (χ4n) is 2.12. The average molecular weight is 360 g/mol. The molecule has 98 valence electrons. The molecule has 0 radical (unpaired) electrons. The maximum Gasteiger partial charge on any atom is 0.257 e. The Labute approximate surface area is 121 Å². The lowest BCUT2D eigenvalue weighted by Crippen LogP contribution is -2.48. The third-order valence-electron chi connectivity index (χ3n) is 3.30. The topological polar surface area (TPSA) is 43.8 Å². The highest BCUT2D eigenvalue weighted by Gasteiger charge is 2.23. The summed E-state index contributed by atoms with van der Waals surface area (Å²) in [6, 6.07) is 5.11. The Kier molecular flexibility index (Phi) is 4.45. The van der Waals surface area contributed by atoms with Crippen LogP contribution in [0.1, 0.15) is 17.3 Å². The van der Waals surface area contributed by atoms with E-state index in [1.807, 2.05) is 4.90 Å². The first kappa shape index (κ1) is 13.6. The molecule has 4 nitrogen and oxygen atoms in total. The van der Waals surface area contributed by atoms with Gasteiger partial charge in [0.05, 0.1) is 5.56 Å². The minimum Gasteiger partial charge on any atom is -0.507 e. The number of phenols is 1. The first-order valence-corrected chi connectivity index (χ1v) is 7.20. The maximum absolute atomic E-state index is 12.3. The molecule has 1 N–H and O–H groups in total. The highest BCUT2D eigenvalue weighted by atomic mass is 127. The van der Waals surface area contributed by atoms with Crippen molar-refractivity contribution < 1.29 is 9.90 Å². The Bertz CT molecular complexity index is 443. The summed E-state index contributed by atoms with van der Waals surface area (Å²) < 4.78 is 0.959. The molecular weight excluding hydrogens is 343 g/mol. The second kappa shape index (κ2) is 5.88. The van der Waals surface area contributed by atoms with E-state index in [0.717, 1.165) is 36.3 Å². The molecule has 0 spiro atoms. The van der Waals surface area contributed by atoms with Crippen LogP contribution < -0.4 is 0 Å². The summed E-state index contributed by atoms with van der Waals surface area (Å²) in [7, 11) is 0. The van der Waals surface area contributed by atoms with Crippen molar-refractivity contribution in [3.05, 3.63) is 27.3 Å². The molecule has 0 bridgehead atoms. The van der Waals surface area contributed by atoms with Crippen molar-refractivity contribution in [3.8, 4) is 5.75 Å². The van der Waals surface area contributed by atoms with Gasteiger partial charge in [0.25, 0.3) is 5.91 Å². The molecule has 0 aliphatic carbocycles. The monoisotopic (exact) mass is 360 g/mol. The van der Waals surface area contributed by atoms with E-state index in [2.05, 4.69) is 34.4 Å². The average Bonchev–Trinajstić information content (AvgIpc) is 2.41. The molecule has 0 unspecified atom stereocenters. The van der Waals surface area contributed by atoms with Gasteiger partial charge in [0.15, 0.2) is 0 Å². The van der Waals surface area contributed by atoms with Crippen LogP contribution in [0.5, 0.6) is 5.75 Å². The lowest BCUT2D eigenvalue weighted by molar-refractivity contribution is 0.0640. The number of halogens is 1. The summed E-state index contributed by atoms with van der Waals surface area (Å²) in [5, 5.41) is 9.77. The second-order valence-electron chi connectivity index (χ2n) is 4.39. The number of carbonyl (C=O) groups excluding carboxylic acids is 1. The van der Waals surface area contributed by atoms with E-state index in [0.29, 0.717) is 5.56 Å². The number of nitrogens with zero attached hydrogens (tertiary/aromatic N) is 2. The molecular formula is C13H17IN2O2. The molecule has 5 heteroatoms. The second-order valence-corrected chi connectivity index (χ2v) is 5.63. The van der Waals surface area contributed by atoms with Gasteiger partial charge in [0.2, 0.25) is 0 Å². The lowest BCUT2D eigenvalue weighted by atomic mass is 10.1. The number of benzene rings is 1. The van der Waals surface area contributed by atoms with Crippen molar-refractivity contribution in [1.29, 1.82) is 0 Å². The summed E-state index contributed by atoms with van der Waals surface area (Å²) >= 11 is 2.15. The van der Waals surface area contributed by atoms with E-state index in [4.69, 9.17) is 0 Å². The number of phenolic OH excluding ortho intramolecular Hbond substituents is 1. The zero-order valence-corrected chi connectivity index (χ0v) is 12.6. The van der Waals surface area contributed by atoms with Gasteiger partial charge in [-0.2, -0.15) is 0 Å². The Morgan fingerprint density at radius 2 is 2.00 bits per heavy atom. The van der Waals surface area contributed by atoms with Gasteiger partial charge in [0.1, 0.15) is 5.75 Å². The number of hydrogen-bond donors (Lipinski definition) is 1. The largest absolute Gasteiger partial charge is 0.507 e. The highest BCUT2D eigenvalue weighted by Crippen LogP contribution is 2.21. The molecule has 1 aliphatic rings. The van der Waals surface area contributed by atoms with Crippen LogP contribution in [-0.2, 0) is 0 Å². The molecule has 1 fully saturated rings. The number of likely N-dealkylation sites (N-methyl/N-ethyl adjacent to an activating group) is 1. The smallest absolute Gasteiger partial charge is 0.257 e. The minimum atomic E-state index is -0.0678. The summed E-state index contributed by atoms with van der Waals surface area (Å²) in [4.78, 5) is 16.4. The number of carbonyl (C=O) groups is 1. The first-order valence-electron chi connectivity index (χ1n) is 6.12. The summed E-state index contributed by atoms with van der Waals surface area (Å²) in [5.41, 5.74) is 0.409. The molecule has 2 rings (SSSR count). The molecule has 0 atom stereocenters. The minimum absolute atomic E-state index is 0.0678. The molecule has 1 saturated heterocycles. The van der Waals surface area contributed by atoms with Crippen LogP contribution in [0.4, 0.5) is 0 Å². The molecule has 1 aliphatic heterocycles. The zero-order chi connectivity index (χ0) is 13.1.